The number of rotatable bonds is 4. The molecule has 1 saturated heterocycles. The van der Waals surface area contributed by atoms with E-state index in [0.29, 0.717) is 25.7 Å². The van der Waals surface area contributed by atoms with E-state index >= 15 is 0 Å². The van der Waals surface area contributed by atoms with Crippen molar-refractivity contribution in [2.24, 2.45) is 5.73 Å². The minimum atomic E-state index is -0.328. The number of nitrogens with zero attached hydrogens (tertiary/aromatic N) is 1. The van der Waals surface area contributed by atoms with Gasteiger partial charge in [0.25, 0.3) is 0 Å². The first-order valence-corrected chi connectivity index (χ1v) is 7.48. The zero-order chi connectivity index (χ0) is 14.5. The molecule has 1 aliphatic heterocycles. The van der Waals surface area contributed by atoms with E-state index in [4.69, 9.17) is 10.5 Å². The highest BCUT2D eigenvalue weighted by Crippen LogP contribution is 2.27. The first-order chi connectivity index (χ1) is 9.61. The van der Waals surface area contributed by atoms with Crippen molar-refractivity contribution in [2.75, 3.05) is 25.5 Å². The molecule has 6 heteroatoms. The average molecular weight is 342 g/mol. The normalized spacial score (nSPS) is 16.2. The molecule has 110 valence electrons. The van der Waals surface area contributed by atoms with Crippen LogP contribution in [0.1, 0.15) is 18.4 Å². The predicted molar refractivity (Wildman–Crippen MR) is 82.7 cm³/mol. The van der Waals surface area contributed by atoms with Crippen LogP contribution in [0.2, 0.25) is 0 Å². The molecule has 0 atom stereocenters. The molecule has 1 fully saturated rings. The number of benzene rings is 1. The number of carbonyl (C=O) groups excluding carboxylic acids is 1. The first kappa shape index (κ1) is 15.1. The second-order valence-corrected chi connectivity index (χ2v) is 5.80. The Kier molecular flexibility index (Phi) is 5.25. The van der Waals surface area contributed by atoms with Crippen molar-refractivity contribution in [3.8, 4) is 0 Å². The van der Waals surface area contributed by atoms with Gasteiger partial charge in [-0.25, -0.2) is 4.79 Å². The van der Waals surface area contributed by atoms with Crippen LogP contribution in [-0.4, -0.2) is 37.2 Å². The van der Waals surface area contributed by atoms with Gasteiger partial charge in [-0.15, -0.1) is 0 Å². The molecule has 0 saturated carbocycles. The molecule has 0 unspecified atom stereocenters. The Balaban J connectivity index is 2.01. The van der Waals surface area contributed by atoms with Crippen molar-refractivity contribution in [1.29, 1.82) is 0 Å². The van der Waals surface area contributed by atoms with Crippen LogP contribution in [0.4, 0.5) is 10.5 Å². The molecule has 20 heavy (non-hydrogen) atoms. The maximum Gasteiger partial charge on any atom is 0.314 e. The highest BCUT2D eigenvalue weighted by molar-refractivity contribution is 9.10. The molecular weight excluding hydrogens is 322 g/mol. The first-order valence-electron chi connectivity index (χ1n) is 6.69. The zero-order valence-corrected chi connectivity index (χ0v) is 13.1. The molecule has 3 N–H and O–H groups in total. The lowest BCUT2D eigenvalue weighted by molar-refractivity contribution is 0.184. The number of hydrogen-bond donors (Lipinski definition) is 2. The van der Waals surface area contributed by atoms with Gasteiger partial charge in [-0.1, -0.05) is 22.0 Å². The molecule has 2 rings (SSSR count). The summed E-state index contributed by atoms with van der Waals surface area (Å²) in [6, 6.07) is 6.10. The van der Waals surface area contributed by atoms with E-state index in [9.17, 15) is 4.79 Å². The van der Waals surface area contributed by atoms with Crippen LogP contribution < -0.4 is 11.1 Å². The molecule has 5 nitrogen and oxygen atoms in total. The molecule has 0 aromatic heterocycles. The summed E-state index contributed by atoms with van der Waals surface area (Å²) < 4.78 is 6.29. The largest absolute Gasteiger partial charge is 0.382 e. The Morgan fingerprint density at radius 1 is 1.50 bits per heavy atom. The Hall–Kier alpha value is -1.27. The SMILES string of the molecule is COCc1c(Br)cccc1NC1CCN(C(N)=O)CC1. The minimum absolute atomic E-state index is 0.328. The van der Waals surface area contributed by atoms with Crippen molar-refractivity contribution in [3.63, 3.8) is 0 Å². The number of piperidine rings is 1. The highest BCUT2D eigenvalue weighted by atomic mass is 79.9. The van der Waals surface area contributed by atoms with Gasteiger partial charge < -0.3 is 20.7 Å². The summed E-state index contributed by atoms with van der Waals surface area (Å²) in [6.07, 6.45) is 1.81. The third kappa shape index (κ3) is 3.64. The lowest BCUT2D eigenvalue weighted by Crippen LogP contribution is -2.44. The van der Waals surface area contributed by atoms with E-state index in [1.807, 2.05) is 12.1 Å². The smallest absolute Gasteiger partial charge is 0.314 e. The van der Waals surface area contributed by atoms with Gasteiger partial charge in [0.05, 0.1) is 6.61 Å². The number of anilines is 1. The number of amides is 2. The van der Waals surface area contributed by atoms with Gasteiger partial charge in [-0.3, -0.25) is 0 Å². The fourth-order valence-corrected chi connectivity index (χ4v) is 2.93. The number of carbonyl (C=O) groups is 1. The molecule has 1 aliphatic rings. The van der Waals surface area contributed by atoms with Crippen LogP contribution in [0.3, 0.4) is 0 Å². The number of ether oxygens (including phenoxy) is 1. The molecule has 0 aliphatic carbocycles. The second-order valence-electron chi connectivity index (χ2n) is 4.94. The van der Waals surface area contributed by atoms with Crippen LogP contribution in [0.15, 0.2) is 22.7 Å². The number of methoxy groups -OCH3 is 1. The van der Waals surface area contributed by atoms with Crippen LogP contribution in [0, 0.1) is 0 Å². The number of nitrogens with two attached hydrogens (primary N) is 1. The maximum absolute atomic E-state index is 11.1. The van der Waals surface area contributed by atoms with Gasteiger partial charge in [0, 0.05) is 42.0 Å². The van der Waals surface area contributed by atoms with Crippen LogP contribution in [0.5, 0.6) is 0 Å². The van der Waals surface area contributed by atoms with Gasteiger partial charge in [0.1, 0.15) is 0 Å². The summed E-state index contributed by atoms with van der Waals surface area (Å²) in [5.74, 6) is 0. The van der Waals surface area contributed by atoms with E-state index in [1.54, 1.807) is 12.0 Å². The standard InChI is InChI=1S/C14H20BrN3O2/c1-20-9-11-12(15)3-2-4-13(11)17-10-5-7-18(8-6-10)14(16)19/h2-4,10,17H,5-9H2,1H3,(H2,16,19). The maximum atomic E-state index is 11.1. The Morgan fingerprint density at radius 2 is 2.20 bits per heavy atom. The molecule has 1 aromatic rings. The monoisotopic (exact) mass is 341 g/mol. The molecule has 0 bridgehead atoms. The molecule has 2 amide bonds. The van der Waals surface area contributed by atoms with Gasteiger partial charge in [0.2, 0.25) is 0 Å². The van der Waals surface area contributed by atoms with Crippen LogP contribution >= 0.6 is 15.9 Å². The lowest BCUT2D eigenvalue weighted by atomic mass is 10.0. The van der Waals surface area contributed by atoms with Crippen LogP contribution in [0.25, 0.3) is 0 Å². The third-order valence-electron chi connectivity index (χ3n) is 3.57. The molecule has 0 radical (unpaired) electrons. The fraction of sp³-hybridized carbons (Fsp3) is 0.500. The van der Waals surface area contributed by atoms with Crippen molar-refractivity contribution in [1.82, 2.24) is 4.90 Å². The van der Waals surface area contributed by atoms with Gasteiger partial charge in [-0.05, 0) is 25.0 Å². The van der Waals surface area contributed by atoms with Crippen molar-refractivity contribution >= 4 is 27.6 Å². The second kappa shape index (κ2) is 6.95. The van der Waals surface area contributed by atoms with Gasteiger partial charge >= 0.3 is 6.03 Å². The molecule has 0 spiro atoms. The summed E-state index contributed by atoms with van der Waals surface area (Å²) in [7, 11) is 1.69. The topological polar surface area (TPSA) is 67.6 Å². The Labute approximate surface area is 127 Å². The van der Waals surface area contributed by atoms with Crippen LogP contribution in [-0.2, 0) is 11.3 Å². The van der Waals surface area contributed by atoms with E-state index in [-0.39, 0.29) is 6.03 Å². The molecule has 1 aromatic carbocycles. The fourth-order valence-electron chi connectivity index (χ4n) is 2.45. The lowest BCUT2D eigenvalue weighted by Gasteiger charge is -2.32. The highest BCUT2D eigenvalue weighted by Gasteiger charge is 2.21. The van der Waals surface area contributed by atoms with E-state index < -0.39 is 0 Å². The number of halogens is 1. The number of urea groups is 1. The number of likely N-dealkylation sites (tertiary alicyclic amines) is 1. The Bertz CT molecular complexity index is 473. The summed E-state index contributed by atoms with van der Waals surface area (Å²) in [5, 5.41) is 3.55. The van der Waals surface area contributed by atoms with E-state index in [2.05, 4.69) is 27.3 Å². The van der Waals surface area contributed by atoms with Crippen molar-refractivity contribution in [3.05, 3.63) is 28.2 Å². The summed E-state index contributed by atoms with van der Waals surface area (Å²) >= 11 is 3.55. The number of nitrogens with one attached hydrogen (secondary N) is 1. The molecular formula is C14H20BrN3O2. The third-order valence-corrected chi connectivity index (χ3v) is 4.32. The van der Waals surface area contributed by atoms with Crippen molar-refractivity contribution < 1.29 is 9.53 Å². The van der Waals surface area contributed by atoms with E-state index in [0.717, 1.165) is 28.6 Å². The zero-order valence-electron chi connectivity index (χ0n) is 11.6. The number of hydrogen-bond acceptors (Lipinski definition) is 3. The summed E-state index contributed by atoms with van der Waals surface area (Å²) in [6.45, 7) is 1.98. The van der Waals surface area contributed by atoms with Crippen molar-refractivity contribution in [2.45, 2.75) is 25.5 Å². The minimum Gasteiger partial charge on any atom is -0.382 e. The molecule has 1 heterocycles. The summed E-state index contributed by atoms with van der Waals surface area (Å²) in [4.78, 5) is 12.8. The summed E-state index contributed by atoms with van der Waals surface area (Å²) in [5.41, 5.74) is 7.49. The Morgan fingerprint density at radius 3 is 2.80 bits per heavy atom. The number of primary amides is 1. The quantitative estimate of drug-likeness (QED) is 0.884. The average Bonchev–Trinajstić information content (AvgIpc) is 2.43. The van der Waals surface area contributed by atoms with Gasteiger partial charge in [0.15, 0.2) is 0 Å². The van der Waals surface area contributed by atoms with Gasteiger partial charge in [-0.2, -0.15) is 0 Å². The van der Waals surface area contributed by atoms with E-state index in [1.165, 1.54) is 0 Å². The predicted octanol–water partition coefficient (Wildman–Crippen LogP) is 2.55.